The SMILES string of the molecule is Cc1ncnc(C)c1C(=O)N1CC2=CN(CCC3(c4ccccc4)CN(C(=O)C4(C)CC4)C3)CC2C1. The Kier molecular flexibility index (Phi) is 5.43. The highest BCUT2D eigenvalue weighted by Gasteiger charge is 2.54. The van der Waals surface area contributed by atoms with E-state index in [0.717, 1.165) is 63.4 Å². The van der Waals surface area contributed by atoms with Crippen LogP contribution in [0.15, 0.2) is 48.4 Å². The van der Waals surface area contributed by atoms with Crippen LogP contribution >= 0.6 is 0 Å². The Morgan fingerprint density at radius 2 is 1.69 bits per heavy atom. The minimum Gasteiger partial charge on any atom is -0.377 e. The zero-order valence-corrected chi connectivity index (χ0v) is 21.5. The molecule has 2 aromatic rings. The van der Waals surface area contributed by atoms with Gasteiger partial charge in [-0.25, -0.2) is 9.97 Å². The fourth-order valence-electron chi connectivity index (χ4n) is 6.31. The molecule has 0 radical (unpaired) electrons. The summed E-state index contributed by atoms with van der Waals surface area (Å²) in [6, 6.07) is 10.7. The van der Waals surface area contributed by atoms with Crippen LogP contribution in [-0.4, -0.2) is 75.8 Å². The number of hydrogen-bond donors (Lipinski definition) is 0. The van der Waals surface area contributed by atoms with Crippen LogP contribution < -0.4 is 0 Å². The second-order valence-corrected chi connectivity index (χ2v) is 11.6. The summed E-state index contributed by atoms with van der Waals surface area (Å²) in [6.07, 6.45) is 6.88. The number of fused-ring (bicyclic) bond motifs is 1. The normalized spacial score (nSPS) is 23.2. The molecule has 1 aliphatic carbocycles. The molecule has 2 amide bonds. The van der Waals surface area contributed by atoms with Gasteiger partial charge in [0.15, 0.2) is 0 Å². The van der Waals surface area contributed by atoms with Crippen LogP contribution in [0.1, 0.15) is 53.5 Å². The minimum atomic E-state index is -0.105. The molecule has 1 unspecified atom stereocenters. The lowest BCUT2D eigenvalue weighted by molar-refractivity contribution is -0.144. The first-order valence-corrected chi connectivity index (χ1v) is 13.2. The number of carbonyl (C=O) groups excluding carboxylic acids is 2. The molecule has 3 aliphatic heterocycles. The summed E-state index contributed by atoms with van der Waals surface area (Å²) in [7, 11) is 0. The second kappa shape index (κ2) is 8.43. The van der Waals surface area contributed by atoms with E-state index < -0.39 is 0 Å². The molecule has 0 spiro atoms. The number of aryl methyl sites for hydroxylation is 2. The number of rotatable bonds is 6. The molecule has 1 aromatic heterocycles. The van der Waals surface area contributed by atoms with E-state index >= 15 is 0 Å². The molecule has 0 N–H and O–H groups in total. The summed E-state index contributed by atoms with van der Waals surface area (Å²) in [5.41, 5.74) is 4.74. The van der Waals surface area contributed by atoms with Gasteiger partial charge in [0.2, 0.25) is 5.91 Å². The van der Waals surface area contributed by atoms with Crippen LogP contribution in [0.4, 0.5) is 0 Å². The Bertz CT molecular complexity index is 1210. The highest BCUT2D eigenvalue weighted by atomic mass is 16.2. The molecular weight excluding hydrogens is 450 g/mol. The van der Waals surface area contributed by atoms with Crippen molar-refractivity contribution in [3.8, 4) is 0 Å². The van der Waals surface area contributed by atoms with E-state index in [0.29, 0.717) is 23.9 Å². The third-order valence-corrected chi connectivity index (χ3v) is 8.92. The van der Waals surface area contributed by atoms with Crippen molar-refractivity contribution in [2.45, 2.75) is 45.4 Å². The maximum Gasteiger partial charge on any atom is 0.257 e. The average molecular weight is 486 g/mol. The maximum atomic E-state index is 13.2. The molecule has 2 saturated heterocycles. The standard InChI is InChI=1S/C29H35N5O2/c1-20-25(21(2)31-19-30-20)26(35)33-15-22-13-32(14-23(22)16-33)12-11-29(24-7-5-4-6-8-24)17-34(18-29)27(36)28(3)9-10-28/h4-8,13,19,23H,9-12,14-18H2,1-3H3. The summed E-state index contributed by atoms with van der Waals surface area (Å²) in [5, 5.41) is 0. The van der Waals surface area contributed by atoms with Crippen molar-refractivity contribution in [1.29, 1.82) is 0 Å². The van der Waals surface area contributed by atoms with Crippen molar-refractivity contribution in [2.24, 2.45) is 11.3 Å². The van der Waals surface area contributed by atoms with Crippen molar-refractivity contribution in [1.82, 2.24) is 24.7 Å². The summed E-state index contributed by atoms with van der Waals surface area (Å²) in [4.78, 5) is 41.0. The monoisotopic (exact) mass is 485 g/mol. The molecule has 188 valence electrons. The summed E-state index contributed by atoms with van der Waals surface area (Å²) < 4.78 is 0. The lowest BCUT2D eigenvalue weighted by Gasteiger charge is -2.52. The zero-order valence-electron chi connectivity index (χ0n) is 21.5. The van der Waals surface area contributed by atoms with Gasteiger partial charge < -0.3 is 14.7 Å². The molecule has 7 heteroatoms. The number of nitrogens with zero attached hydrogens (tertiary/aromatic N) is 5. The molecule has 7 nitrogen and oxygen atoms in total. The summed E-state index contributed by atoms with van der Waals surface area (Å²) >= 11 is 0. The van der Waals surface area contributed by atoms with Crippen LogP contribution in [0, 0.1) is 25.2 Å². The van der Waals surface area contributed by atoms with Gasteiger partial charge in [0.25, 0.3) is 5.91 Å². The average Bonchev–Trinajstić information content (AvgIpc) is 3.29. The fraction of sp³-hybridized carbons (Fsp3) is 0.517. The van der Waals surface area contributed by atoms with E-state index in [-0.39, 0.29) is 16.7 Å². The van der Waals surface area contributed by atoms with Crippen LogP contribution in [0.25, 0.3) is 0 Å². The molecule has 0 bridgehead atoms. The van der Waals surface area contributed by atoms with E-state index in [4.69, 9.17) is 0 Å². The van der Waals surface area contributed by atoms with Crippen molar-refractivity contribution < 1.29 is 9.59 Å². The Balaban J connectivity index is 1.11. The van der Waals surface area contributed by atoms with Gasteiger partial charge in [-0.2, -0.15) is 0 Å². The highest BCUT2D eigenvalue weighted by Crippen LogP contribution is 2.49. The minimum absolute atomic E-state index is 0.0305. The Labute approximate surface area is 213 Å². The predicted molar refractivity (Wildman–Crippen MR) is 137 cm³/mol. The van der Waals surface area contributed by atoms with E-state index in [1.807, 2.05) is 18.7 Å². The molecule has 4 aliphatic rings. The second-order valence-electron chi connectivity index (χ2n) is 11.6. The van der Waals surface area contributed by atoms with E-state index in [2.05, 4.69) is 63.2 Å². The van der Waals surface area contributed by atoms with Crippen LogP contribution in [-0.2, 0) is 10.2 Å². The molecule has 3 fully saturated rings. The first kappa shape index (κ1) is 23.2. The first-order valence-electron chi connectivity index (χ1n) is 13.2. The van der Waals surface area contributed by atoms with Gasteiger partial charge in [0, 0.05) is 62.2 Å². The number of hydrogen-bond acceptors (Lipinski definition) is 5. The third kappa shape index (κ3) is 3.89. The van der Waals surface area contributed by atoms with E-state index in [9.17, 15) is 9.59 Å². The third-order valence-electron chi connectivity index (χ3n) is 8.92. The summed E-state index contributed by atoms with van der Waals surface area (Å²) in [6.45, 7) is 10.8. The Morgan fingerprint density at radius 1 is 1.00 bits per heavy atom. The molecule has 1 aromatic carbocycles. The molecule has 1 atom stereocenters. The molecular formula is C29H35N5O2. The van der Waals surface area contributed by atoms with Gasteiger partial charge >= 0.3 is 0 Å². The Morgan fingerprint density at radius 3 is 2.33 bits per heavy atom. The molecule has 36 heavy (non-hydrogen) atoms. The number of carbonyl (C=O) groups is 2. The zero-order chi connectivity index (χ0) is 25.1. The van der Waals surface area contributed by atoms with Gasteiger partial charge in [-0.1, -0.05) is 37.3 Å². The predicted octanol–water partition coefficient (Wildman–Crippen LogP) is 3.34. The van der Waals surface area contributed by atoms with Crippen LogP contribution in [0.3, 0.4) is 0 Å². The van der Waals surface area contributed by atoms with Gasteiger partial charge in [-0.15, -0.1) is 0 Å². The molecule has 1 saturated carbocycles. The topological polar surface area (TPSA) is 69.6 Å². The van der Waals surface area contributed by atoms with Crippen molar-refractivity contribution in [3.63, 3.8) is 0 Å². The van der Waals surface area contributed by atoms with E-state index in [1.54, 1.807) is 0 Å². The van der Waals surface area contributed by atoms with Crippen molar-refractivity contribution in [3.05, 3.63) is 70.9 Å². The number of aromatic nitrogens is 2. The number of benzene rings is 1. The quantitative estimate of drug-likeness (QED) is 0.628. The van der Waals surface area contributed by atoms with Gasteiger partial charge in [0.05, 0.1) is 17.0 Å². The smallest absolute Gasteiger partial charge is 0.257 e. The Hall–Kier alpha value is -3.22. The van der Waals surface area contributed by atoms with Crippen molar-refractivity contribution >= 4 is 11.8 Å². The molecule has 6 rings (SSSR count). The lowest BCUT2D eigenvalue weighted by Crippen LogP contribution is -2.63. The first-order chi connectivity index (χ1) is 17.3. The number of likely N-dealkylation sites (tertiary alicyclic amines) is 2. The van der Waals surface area contributed by atoms with E-state index in [1.165, 1.54) is 17.5 Å². The lowest BCUT2D eigenvalue weighted by atomic mass is 9.70. The highest BCUT2D eigenvalue weighted by molar-refractivity contribution is 5.96. The summed E-state index contributed by atoms with van der Waals surface area (Å²) in [5.74, 6) is 0.770. The van der Waals surface area contributed by atoms with Crippen LogP contribution in [0.2, 0.25) is 0 Å². The fourth-order valence-corrected chi connectivity index (χ4v) is 6.31. The number of amides is 2. The largest absolute Gasteiger partial charge is 0.377 e. The van der Waals surface area contributed by atoms with Crippen molar-refractivity contribution in [2.75, 3.05) is 39.3 Å². The van der Waals surface area contributed by atoms with Gasteiger partial charge in [0.1, 0.15) is 6.33 Å². The van der Waals surface area contributed by atoms with Crippen LogP contribution in [0.5, 0.6) is 0 Å². The molecule has 4 heterocycles. The van der Waals surface area contributed by atoms with Gasteiger partial charge in [-0.3, -0.25) is 9.59 Å². The van der Waals surface area contributed by atoms with Gasteiger partial charge in [-0.05, 0) is 44.2 Å². The maximum absolute atomic E-state index is 13.2.